The van der Waals surface area contributed by atoms with Crippen LogP contribution in [0.5, 0.6) is 0 Å². The molecule has 0 aliphatic carbocycles. The molecule has 0 saturated heterocycles. The minimum Gasteiger partial charge on any atom is -0.478 e. The molecule has 100 valence electrons. The van der Waals surface area contributed by atoms with Gasteiger partial charge in [0.1, 0.15) is 11.0 Å². The van der Waals surface area contributed by atoms with Gasteiger partial charge in [0, 0.05) is 12.4 Å². The molecule has 0 bridgehead atoms. The van der Waals surface area contributed by atoms with Crippen LogP contribution in [0.4, 0.5) is 0 Å². The zero-order chi connectivity index (χ0) is 14.1. The maximum Gasteiger partial charge on any atom is 0.337 e. The molecule has 2 aromatic heterocycles. The smallest absolute Gasteiger partial charge is 0.337 e. The zero-order valence-electron chi connectivity index (χ0n) is 10.8. The van der Waals surface area contributed by atoms with E-state index in [0.717, 1.165) is 5.56 Å². The summed E-state index contributed by atoms with van der Waals surface area (Å²) in [6.07, 6.45) is 3.39. The van der Waals surface area contributed by atoms with E-state index in [1.54, 1.807) is 35.3 Å². The van der Waals surface area contributed by atoms with Gasteiger partial charge in [-0.2, -0.15) is 0 Å². The number of nitrogens with zero attached hydrogens (tertiary/aromatic N) is 4. The number of para-hydroxylation sites is 1. The van der Waals surface area contributed by atoms with Crippen LogP contribution in [-0.4, -0.2) is 31.1 Å². The van der Waals surface area contributed by atoms with Crippen molar-refractivity contribution in [3.8, 4) is 0 Å². The molecule has 0 aliphatic rings. The van der Waals surface area contributed by atoms with E-state index in [-0.39, 0.29) is 11.6 Å². The van der Waals surface area contributed by atoms with Crippen molar-refractivity contribution in [2.24, 2.45) is 0 Å². The molecular formula is C14H12N4O2. The van der Waals surface area contributed by atoms with Gasteiger partial charge in [-0.25, -0.2) is 9.48 Å². The van der Waals surface area contributed by atoms with Crippen molar-refractivity contribution in [1.29, 1.82) is 0 Å². The molecule has 6 heteroatoms. The number of carboxylic acid groups (broad SMARTS) is 1. The normalized spacial score (nSPS) is 12.4. The van der Waals surface area contributed by atoms with Gasteiger partial charge < -0.3 is 5.11 Å². The molecule has 0 spiro atoms. The second-order valence-electron chi connectivity index (χ2n) is 4.47. The molecule has 3 rings (SSSR count). The van der Waals surface area contributed by atoms with Crippen molar-refractivity contribution in [3.05, 3.63) is 53.9 Å². The molecule has 0 fully saturated rings. The molecule has 2 heterocycles. The van der Waals surface area contributed by atoms with Crippen molar-refractivity contribution in [3.63, 3.8) is 0 Å². The van der Waals surface area contributed by atoms with Gasteiger partial charge in [0.05, 0.1) is 11.6 Å². The van der Waals surface area contributed by atoms with E-state index in [2.05, 4.69) is 15.3 Å². The van der Waals surface area contributed by atoms with Gasteiger partial charge in [-0.1, -0.05) is 11.3 Å². The van der Waals surface area contributed by atoms with Crippen LogP contribution >= 0.6 is 0 Å². The third-order valence-electron chi connectivity index (χ3n) is 3.28. The molecule has 1 aromatic carbocycles. The number of hydrogen-bond donors (Lipinski definition) is 1. The summed E-state index contributed by atoms with van der Waals surface area (Å²) in [6, 6.07) is 8.61. The Hall–Kier alpha value is -2.76. The Morgan fingerprint density at radius 2 is 2.00 bits per heavy atom. The van der Waals surface area contributed by atoms with Crippen LogP contribution in [-0.2, 0) is 0 Å². The van der Waals surface area contributed by atoms with E-state index >= 15 is 0 Å². The molecule has 0 amide bonds. The highest BCUT2D eigenvalue weighted by Gasteiger charge is 2.18. The van der Waals surface area contributed by atoms with E-state index in [4.69, 9.17) is 0 Å². The van der Waals surface area contributed by atoms with E-state index < -0.39 is 5.97 Å². The highest BCUT2D eigenvalue weighted by molar-refractivity contribution is 6.00. The van der Waals surface area contributed by atoms with Crippen molar-refractivity contribution in [2.75, 3.05) is 0 Å². The second kappa shape index (κ2) is 4.73. The van der Waals surface area contributed by atoms with Crippen LogP contribution in [0.25, 0.3) is 11.0 Å². The van der Waals surface area contributed by atoms with Gasteiger partial charge in [-0.05, 0) is 36.8 Å². The fraction of sp³-hybridized carbons (Fsp3) is 0.143. The minimum absolute atomic E-state index is 0.122. The minimum atomic E-state index is -0.985. The number of fused-ring (bicyclic) bond motifs is 1. The van der Waals surface area contributed by atoms with Crippen LogP contribution in [0, 0.1) is 0 Å². The predicted octanol–water partition coefficient (Wildman–Crippen LogP) is 2.13. The Morgan fingerprint density at radius 3 is 2.70 bits per heavy atom. The standard InChI is InChI=1S/C14H12N4O2/c1-9(10-5-7-15-8-6-10)18-13-11(14(19)20)3-2-4-12(13)16-17-18/h2-9H,1H3,(H,19,20). The molecule has 1 unspecified atom stereocenters. The number of benzene rings is 1. The number of hydrogen-bond acceptors (Lipinski definition) is 4. The summed E-state index contributed by atoms with van der Waals surface area (Å²) in [5, 5.41) is 17.4. The largest absolute Gasteiger partial charge is 0.478 e. The van der Waals surface area contributed by atoms with Gasteiger partial charge in [0.15, 0.2) is 0 Å². The molecular weight excluding hydrogens is 256 g/mol. The number of pyridine rings is 1. The summed E-state index contributed by atoms with van der Waals surface area (Å²) < 4.78 is 1.63. The lowest BCUT2D eigenvalue weighted by Crippen LogP contribution is -2.11. The van der Waals surface area contributed by atoms with Gasteiger partial charge in [-0.15, -0.1) is 5.10 Å². The van der Waals surface area contributed by atoms with Gasteiger partial charge in [-0.3, -0.25) is 4.98 Å². The first kappa shape index (κ1) is 12.3. The van der Waals surface area contributed by atoms with E-state index in [1.807, 2.05) is 19.1 Å². The summed E-state index contributed by atoms with van der Waals surface area (Å²) in [6.45, 7) is 1.95. The van der Waals surface area contributed by atoms with E-state index in [9.17, 15) is 9.90 Å². The summed E-state index contributed by atoms with van der Waals surface area (Å²) in [7, 11) is 0. The van der Waals surface area contributed by atoms with Crippen LogP contribution < -0.4 is 0 Å². The highest BCUT2D eigenvalue weighted by Crippen LogP contribution is 2.24. The summed E-state index contributed by atoms with van der Waals surface area (Å²) >= 11 is 0. The fourth-order valence-electron chi connectivity index (χ4n) is 2.22. The maximum absolute atomic E-state index is 11.3. The van der Waals surface area contributed by atoms with Gasteiger partial charge >= 0.3 is 5.97 Å². The molecule has 1 N–H and O–H groups in total. The number of carbonyl (C=O) groups is 1. The molecule has 20 heavy (non-hydrogen) atoms. The summed E-state index contributed by atoms with van der Waals surface area (Å²) in [5.74, 6) is -0.985. The number of rotatable bonds is 3. The predicted molar refractivity (Wildman–Crippen MR) is 72.5 cm³/mol. The van der Waals surface area contributed by atoms with Crippen LogP contribution in [0.2, 0.25) is 0 Å². The SMILES string of the molecule is CC(c1ccncc1)n1nnc2cccc(C(=O)O)c21. The molecule has 1 atom stereocenters. The first-order valence-electron chi connectivity index (χ1n) is 6.15. The monoisotopic (exact) mass is 268 g/mol. The quantitative estimate of drug-likeness (QED) is 0.787. The first-order chi connectivity index (χ1) is 9.68. The lowest BCUT2D eigenvalue weighted by molar-refractivity contribution is 0.0698. The maximum atomic E-state index is 11.3. The van der Waals surface area contributed by atoms with Crippen molar-refractivity contribution < 1.29 is 9.90 Å². The Labute approximate surface area is 114 Å². The third-order valence-corrected chi connectivity index (χ3v) is 3.28. The topological polar surface area (TPSA) is 80.9 Å². The van der Waals surface area contributed by atoms with Crippen molar-refractivity contribution in [1.82, 2.24) is 20.0 Å². The lowest BCUT2D eigenvalue weighted by Gasteiger charge is -2.13. The van der Waals surface area contributed by atoms with Crippen molar-refractivity contribution >= 4 is 17.0 Å². The van der Waals surface area contributed by atoms with Gasteiger partial charge in [0.2, 0.25) is 0 Å². The first-order valence-corrected chi connectivity index (χ1v) is 6.15. The van der Waals surface area contributed by atoms with Crippen LogP contribution in [0.1, 0.15) is 28.9 Å². The summed E-state index contributed by atoms with van der Waals surface area (Å²) in [5.41, 5.74) is 2.30. The molecule has 3 aromatic rings. The average Bonchev–Trinajstić information content (AvgIpc) is 2.91. The fourth-order valence-corrected chi connectivity index (χ4v) is 2.22. The zero-order valence-corrected chi connectivity index (χ0v) is 10.8. The van der Waals surface area contributed by atoms with E-state index in [1.165, 1.54) is 0 Å². The van der Waals surface area contributed by atoms with Crippen molar-refractivity contribution in [2.45, 2.75) is 13.0 Å². The molecule has 0 saturated carbocycles. The average molecular weight is 268 g/mol. The summed E-state index contributed by atoms with van der Waals surface area (Å²) in [4.78, 5) is 15.3. The van der Waals surface area contributed by atoms with Crippen LogP contribution in [0.3, 0.4) is 0 Å². The van der Waals surface area contributed by atoms with Gasteiger partial charge in [0.25, 0.3) is 0 Å². The Balaban J connectivity index is 2.20. The number of carboxylic acids is 1. The Kier molecular flexibility index (Phi) is 2.90. The Bertz CT molecular complexity index is 767. The lowest BCUT2D eigenvalue weighted by atomic mass is 10.1. The van der Waals surface area contributed by atoms with Crippen LogP contribution in [0.15, 0.2) is 42.7 Å². The highest BCUT2D eigenvalue weighted by atomic mass is 16.4. The molecule has 0 aliphatic heterocycles. The number of aromatic carboxylic acids is 1. The van der Waals surface area contributed by atoms with E-state index in [0.29, 0.717) is 11.0 Å². The number of aromatic nitrogens is 4. The molecule has 6 nitrogen and oxygen atoms in total. The Morgan fingerprint density at radius 1 is 1.25 bits per heavy atom. The second-order valence-corrected chi connectivity index (χ2v) is 4.47. The molecule has 0 radical (unpaired) electrons. The third kappa shape index (κ3) is 1.91.